The monoisotopic (exact) mass is 239 g/mol. The lowest BCUT2D eigenvalue weighted by Crippen LogP contribution is -2.39. The fourth-order valence-corrected chi connectivity index (χ4v) is 1.74. The lowest BCUT2D eigenvalue weighted by Gasteiger charge is -2.20. The molecule has 0 aliphatic heterocycles. The normalized spacial score (nSPS) is 14.3. The zero-order valence-electron chi connectivity index (χ0n) is 10.7. The third-order valence-electron chi connectivity index (χ3n) is 2.75. The summed E-state index contributed by atoms with van der Waals surface area (Å²) in [5.74, 6) is 0.618. The predicted molar refractivity (Wildman–Crippen MR) is 65.6 cm³/mol. The Balaban J connectivity index is 2.55. The second-order valence-corrected chi connectivity index (χ2v) is 4.12. The lowest BCUT2D eigenvalue weighted by atomic mass is 10.1. The molecule has 0 spiro atoms. The third-order valence-corrected chi connectivity index (χ3v) is 2.75. The molecule has 0 saturated carbocycles. The van der Waals surface area contributed by atoms with Crippen LogP contribution in [0.3, 0.4) is 0 Å². The van der Waals surface area contributed by atoms with Gasteiger partial charge in [-0.2, -0.15) is 0 Å². The number of hydrogen-bond acceptors (Lipinski definition) is 4. The van der Waals surface area contributed by atoms with Crippen LogP contribution in [0.15, 0.2) is 22.8 Å². The molecule has 0 aliphatic carbocycles. The number of ether oxygens (including phenoxy) is 1. The molecule has 1 aromatic heterocycles. The van der Waals surface area contributed by atoms with Gasteiger partial charge in [0.1, 0.15) is 11.8 Å². The molecule has 4 nitrogen and oxygen atoms in total. The summed E-state index contributed by atoms with van der Waals surface area (Å²) < 4.78 is 10.1. The highest BCUT2D eigenvalue weighted by molar-refractivity contribution is 5.75. The number of esters is 1. The lowest BCUT2D eigenvalue weighted by molar-refractivity contribution is -0.143. The Hall–Kier alpha value is -1.29. The van der Waals surface area contributed by atoms with Crippen LogP contribution in [0.4, 0.5) is 0 Å². The number of carbonyl (C=O) groups excluding carboxylic acids is 1. The summed E-state index contributed by atoms with van der Waals surface area (Å²) in [7, 11) is 1.42. The van der Waals surface area contributed by atoms with E-state index in [0.717, 1.165) is 25.0 Å². The Morgan fingerprint density at radius 3 is 2.88 bits per heavy atom. The number of rotatable bonds is 7. The second-order valence-electron chi connectivity index (χ2n) is 4.12. The molecule has 0 radical (unpaired) electrons. The first-order valence-corrected chi connectivity index (χ1v) is 6.06. The summed E-state index contributed by atoms with van der Waals surface area (Å²) in [6.07, 6.45) is 4.48. The molecular weight excluding hydrogens is 218 g/mol. The van der Waals surface area contributed by atoms with E-state index in [9.17, 15) is 4.79 Å². The van der Waals surface area contributed by atoms with E-state index in [-0.39, 0.29) is 18.1 Å². The highest BCUT2D eigenvalue weighted by atomic mass is 16.5. The summed E-state index contributed by atoms with van der Waals surface area (Å²) in [4.78, 5) is 11.6. The maximum atomic E-state index is 11.6. The van der Waals surface area contributed by atoms with E-state index in [1.165, 1.54) is 7.11 Å². The average molecular weight is 239 g/mol. The molecule has 4 heteroatoms. The minimum atomic E-state index is -0.264. The van der Waals surface area contributed by atoms with Gasteiger partial charge in [0.2, 0.25) is 0 Å². The molecular formula is C13H21NO3. The highest BCUT2D eigenvalue weighted by Crippen LogP contribution is 2.15. The molecule has 0 saturated heterocycles. The molecule has 96 valence electrons. The second kappa shape index (κ2) is 7.12. The van der Waals surface area contributed by atoms with Crippen molar-refractivity contribution in [2.45, 2.75) is 45.2 Å². The van der Waals surface area contributed by atoms with Crippen molar-refractivity contribution in [3.63, 3.8) is 0 Å². The summed E-state index contributed by atoms with van der Waals surface area (Å²) in [5, 5.41) is 3.24. The van der Waals surface area contributed by atoms with Crippen LogP contribution in [0.5, 0.6) is 0 Å². The number of unbranched alkanes of at least 4 members (excludes halogenated alkanes) is 1. The van der Waals surface area contributed by atoms with Crippen molar-refractivity contribution < 1.29 is 13.9 Å². The minimum absolute atomic E-state index is 0.00551. The van der Waals surface area contributed by atoms with Gasteiger partial charge in [0.25, 0.3) is 0 Å². The maximum absolute atomic E-state index is 11.6. The minimum Gasteiger partial charge on any atom is -0.468 e. The number of nitrogens with one attached hydrogen (secondary N) is 1. The summed E-state index contributed by atoms with van der Waals surface area (Å²) in [6, 6.07) is 3.48. The van der Waals surface area contributed by atoms with Gasteiger partial charge in [0.05, 0.1) is 19.4 Å². The summed E-state index contributed by atoms with van der Waals surface area (Å²) >= 11 is 0. The van der Waals surface area contributed by atoms with Crippen molar-refractivity contribution >= 4 is 5.97 Å². The molecule has 0 bridgehead atoms. The Bertz CT molecular complexity index is 321. The molecule has 17 heavy (non-hydrogen) atoms. The van der Waals surface area contributed by atoms with Crippen molar-refractivity contribution in [1.82, 2.24) is 5.32 Å². The molecule has 0 aromatic carbocycles. The first-order valence-electron chi connectivity index (χ1n) is 6.06. The first-order chi connectivity index (χ1) is 8.19. The molecule has 1 heterocycles. The van der Waals surface area contributed by atoms with Crippen LogP contribution >= 0.6 is 0 Å². The van der Waals surface area contributed by atoms with Crippen LogP contribution in [0.2, 0.25) is 0 Å². The zero-order valence-corrected chi connectivity index (χ0v) is 10.7. The Morgan fingerprint density at radius 2 is 2.35 bits per heavy atom. The Labute approximate surface area is 102 Å². The predicted octanol–water partition coefficient (Wildman–Crippen LogP) is 2.66. The SMILES string of the molecule is CCCCC(N[C@@H](C)c1ccco1)C(=O)OC. The number of hydrogen-bond donors (Lipinski definition) is 1. The van der Waals surface area contributed by atoms with Crippen LogP contribution in [-0.2, 0) is 9.53 Å². The average Bonchev–Trinajstić information content (AvgIpc) is 2.87. The van der Waals surface area contributed by atoms with E-state index in [2.05, 4.69) is 12.2 Å². The van der Waals surface area contributed by atoms with E-state index in [1.54, 1.807) is 6.26 Å². The first kappa shape index (κ1) is 13.8. The van der Waals surface area contributed by atoms with Gasteiger partial charge in [-0.15, -0.1) is 0 Å². The van der Waals surface area contributed by atoms with E-state index in [4.69, 9.17) is 9.15 Å². The van der Waals surface area contributed by atoms with E-state index < -0.39 is 0 Å². The topological polar surface area (TPSA) is 51.5 Å². The van der Waals surface area contributed by atoms with Gasteiger partial charge in [-0.3, -0.25) is 10.1 Å². The van der Waals surface area contributed by atoms with Crippen LogP contribution in [0.25, 0.3) is 0 Å². The third kappa shape index (κ3) is 4.23. The smallest absolute Gasteiger partial charge is 0.322 e. The van der Waals surface area contributed by atoms with Gasteiger partial charge in [-0.1, -0.05) is 19.8 Å². The molecule has 2 atom stereocenters. The van der Waals surface area contributed by atoms with Crippen molar-refractivity contribution in [2.24, 2.45) is 0 Å². The molecule has 1 N–H and O–H groups in total. The maximum Gasteiger partial charge on any atom is 0.322 e. The molecule has 0 fully saturated rings. The quantitative estimate of drug-likeness (QED) is 0.743. The molecule has 1 rings (SSSR count). The van der Waals surface area contributed by atoms with E-state index in [0.29, 0.717) is 0 Å². The van der Waals surface area contributed by atoms with Crippen LogP contribution in [0, 0.1) is 0 Å². The summed E-state index contributed by atoms with van der Waals surface area (Å²) in [6.45, 7) is 4.07. The van der Waals surface area contributed by atoms with Gasteiger partial charge < -0.3 is 9.15 Å². The summed E-state index contributed by atoms with van der Waals surface area (Å²) in [5.41, 5.74) is 0. The Kier molecular flexibility index (Phi) is 5.77. The van der Waals surface area contributed by atoms with E-state index in [1.807, 2.05) is 19.1 Å². The number of furan rings is 1. The van der Waals surface area contributed by atoms with Crippen molar-refractivity contribution in [1.29, 1.82) is 0 Å². The Morgan fingerprint density at radius 1 is 1.59 bits per heavy atom. The molecule has 0 amide bonds. The highest BCUT2D eigenvalue weighted by Gasteiger charge is 2.21. The zero-order chi connectivity index (χ0) is 12.7. The van der Waals surface area contributed by atoms with Crippen LogP contribution in [0.1, 0.15) is 44.9 Å². The van der Waals surface area contributed by atoms with Gasteiger partial charge in [-0.05, 0) is 25.5 Å². The van der Waals surface area contributed by atoms with Gasteiger partial charge >= 0.3 is 5.97 Å². The number of methoxy groups -OCH3 is 1. The van der Waals surface area contributed by atoms with Gasteiger partial charge in [-0.25, -0.2) is 0 Å². The molecule has 1 aromatic rings. The van der Waals surface area contributed by atoms with Crippen molar-refractivity contribution in [3.8, 4) is 0 Å². The number of carbonyl (C=O) groups is 1. The van der Waals surface area contributed by atoms with Crippen LogP contribution < -0.4 is 5.32 Å². The van der Waals surface area contributed by atoms with Crippen molar-refractivity contribution in [2.75, 3.05) is 7.11 Å². The van der Waals surface area contributed by atoms with E-state index >= 15 is 0 Å². The van der Waals surface area contributed by atoms with Gasteiger partial charge in [0.15, 0.2) is 0 Å². The fourth-order valence-electron chi connectivity index (χ4n) is 1.74. The van der Waals surface area contributed by atoms with Crippen molar-refractivity contribution in [3.05, 3.63) is 24.2 Å². The van der Waals surface area contributed by atoms with Gasteiger partial charge in [0, 0.05) is 0 Å². The fraction of sp³-hybridized carbons (Fsp3) is 0.615. The standard InChI is InChI=1S/C13H21NO3/c1-4-5-7-11(13(15)16-3)14-10(2)12-8-6-9-17-12/h6,8-11,14H,4-5,7H2,1-3H3/t10-,11?/m0/s1. The largest absolute Gasteiger partial charge is 0.468 e. The molecule has 0 aliphatic rings. The molecule has 1 unspecified atom stereocenters. The van der Waals surface area contributed by atoms with Crippen LogP contribution in [-0.4, -0.2) is 19.1 Å².